The van der Waals surface area contributed by atoms with Crippen molar-refractivity contribution in [3.8, 4) is 22.9 Å². The standard InChI is InChI=1S/C17H12N2O2/c20-11-6-8-14-12(9-11)16(17(21)19-14)15-7-5-10-3-1-2-4-13(10)18-15/h1-9,19-21H. The third kappa shape index (κ3) is 1.80. The number of H-pyrrole nitrogens is 1. The molecule has 3 N–H and O–H groups in total. The molecule has 0 radical (unpaired) electrons. The maximum atomic E-state index is 10.2. The van der Waals surface area contributed by atoms with Gasteiger partial charge in [-0.1, -0.05) is 24.3 Å². The van der Waals surface area contributed by atoms with Gasteiger partial charge in [-0.3, -0.25) is 0 Å². The van der Waals surface area contributed by atoms with E-state index in [0.29, 0.717) is 11.3 Å². The number of aromatic hydroxyl groups is 2. The van der Waals surface area contributed by atoms with E-state index in [1.54, 1.807) is 18.2 Å². The number of phenols is 1. The summed E-state index contributed by atoms with van der Waals surface area (Å²) >= 11 is 0. The van der Waals surface area contributed by atoms with Gasteiger partial charge in [0.15, 0.2) is 5.88 Å². The van der Waals surface area contributed by atoms with Gasteiger partial charge in [0.25, 0.3) is 0 Å². The molecular weight excluding hydrogens is 264 g/mol. The Morgan fingerprint density at radius 3 is 2.67 bits per heavy atom. The minimum atomic E-state index is 0.0541. The minimum Gasteiger partial charge on any atom is -0.508 e. The predicted octanol–water partition coefficient (Wildman–Crippen LogP) is 3.79. The van der Waals surface area contributed by atoms with Crippen LogP contribution in [0.1, 0.15) is 0 Å². The maximum absolute atomic E-state index is 10.2. The van der Waals surface area contributed by atoms with Gasteiger partial charge in [0, 0.05) is 16.3 Å². The summed E-state index contributed by atoms with van der Waals surface area (Å²) in [6.45, 7) is 0. The molecule has 0 amide bonds. The van der Waals surface area contributed by atoms with E-state index in [2.05, 4.69) is 9.97 Å². The Balaban J connectivity index is 2.03. The second-order valence-electron chi connectivity index (χ2n) is 4.97. The molecule has 0 aliphatic rings. The quantitative estimate of drug-likeness (QED) is 0.495. The number of para-hydroxylation sites is 1. The van der Waals surface area contributed by atoms with Crippen LogP contribution in [-0.4, -0.2) is 20.2 Å². The van der Waals surface area contributed by atoms with Gasteiger partial charge in [0.2, 0.25) is 0 Å². The number of hydrogen-bond acceptors (Lipinski definition) is 3. The molecule has 0 unspecified atom stereocenters. The lowest BCUT2D eigenvalue weighted by atomic mass is 10.1. The molecule has 0 fully saturated rings. The lowest BCUT2D eigenvalue weighted by Crippen LogP contribution is -1.84. The molecule has 4 rings (SSSR count). The Bertz CT molecular complexity index is 973. The zero-order valence-electron chi connectivity index (χ0n) is 11.0. The molecule has 0 spiro atoms. The van der Waals surface area contributed by atoms with Gasteiger partial charge in [0.1, 0.15) is 5.75 Å². The molecule has 21 heavy (non-hydrogen) atoms. The van der Waals surface area contributed by atoms with Crippen LogP contribution in [-0.2, 0) is 0 Å². The smallest absolute Gasteiger partial charge is 0.199 e. The van der Waals surface area contributed by atoms with Crippen LogP contribution >= 0.6 is 0 Å². The zero-order chi connectivity index (χ0) is 14.4. The summed E-state index contributed by atoms with van der Waals surface area (Å²) in [7, 11) is 0. The monoisotopic (exact) mass is 276 g/mol. The van der Waals surface area contributed by atoms with Gasteiger partial charge in [-0.05, 0) is 30.3 Å². The number of hydrogen-bond donors (Lipinski definition) is 3. The van der Waals surface area contributed by atoms with E-state index in [0.717, 1.165) is 21.8 Å². The molecule has 102 valence electrons. The van der Waals surface area contributed by atoms with Crippen LogP contribution in [0.3, 0.4) is 0 Å². The van der Waals surface area contributed by atoms with E-state index >= 15 is 0 Å². The number of benzene rings is 2. The number of rotatable bonds is 1. The number of aromatic amines is 1. The van der Waals surface area contributed by atoms with Crippen molar-refractivity contribution in [3.63, 3.8) is 0 Å². The van der Waals surface area contributed by atoms with Crippen molar-refractivity contribution in [1.82, 2.24) is 9.97 Å². The fourth-order valence-corrected chi connectivity index (χ4v) is 2.63. The first-order chi connectivity index (χ1) is 10.2. The number of phenolic OH excluding ortho intramolecular Hbond substituents is 1. The molecule has 4 aromatic rings. The van der Waals surface area contributed by atoms with Gasteiger partial charge in [0.05, 0.1) is 16.8 Å². The average molecular weight is 276 g/mol. The summed E-state index contributed by atoms with van der Waals surface area (Å²) in [5.41, 5.74) is 2.90. The molecule has 0 atom stereocenters. The van der Waals surface area contributed by atoms with Crippen LogP contribution in [0.15, 0.2) is 54.6 Å². The Morgan fingerprint density at radius 2 is 1.76 bits per heavy atom. The second kappa shape index (κ2) is 4.24. The number of aromatic nitrogens is 2. The van der Waals surface area contributed by atoms with Gasteiger partial charge in [-0.2, -0.15) is 0 Å². The van der Waals surface area contributed by atoms with E-state index in [9.17, 15) is 10.2 Å². The SMILES string of the molecule is Oc1ccc2[nH]c(O)c(-c3ccc4ccccc4n3)c2c1. The highest BCUT2D eigenvalue weighted by Gasteiger charge is 2.14. The first-order valence-electron chi connectivity index (χ1n) is 6.62. The summed E-state index contributed by atoms with van der Waals surface area (Å²) in [6.07, 6.45) is 0. The zero-order valence-corrected chi connectivity index (χ0v) is 11.0. The Kier molecular flexibility index (Phi) is 2.38. The van der Waals surface area contributed by atoms with Gasteiger partial charge in [-0.15, -0.1) is 0 Å². The van der Waals surface area contributed by atoms with E-state index in [-0.39, 0.29) is 11.6 Å². The Morgan fingerprint density at radius 1 is 0.905 bits per heavy atom. The molecule has 0 aliphatic carbocycles. The highest BCUT2D eigenvalue weighted by molar-refractivity contribution is 5.99. The van der Waals surface area contributed by atoms with E-state index in [4.69, 9.17) is 0 Å². The van der Waals surface area contributed by atoms with E-state index in [1.165, 1.54) is 0 Å². The molecule has 0 saturated heterocycles. The summed E-state index contributed by atoms with van der Waals surface area (Å²) in [6, 6.07) is 16.6. The average Bonchev–Trinajstić information content (AvgIpc) is 2.82. The van der Waals surface area contributed by atoms with Gasteiger partial charge < -0.3 is 15.2 Å². The molecule has 4 nitrogen and oxygen atoms in total. The molecule has 2 aromatic carbocycles. The van der Waals surface area contributed by atoms with Crippen LogP contribution in [0.5, 0.6) is 11.6 Å². The summed E-state index contributed by atoms with van der Waals surface area (Å²) < 4.78 is 0. The topological polar surface area (TPSA) is 69.1 Å². The van der Waals surface area contributed by atoms with Crippen LogP contribution in [0, 0.1) is 0 Å². The van der Waals surface area contributed by atoms with Crippen molar-refractivity contribution in [3.05, 3.63) is 54.6 Å². The number of pyridine rings is 1. The van der Waals surface area contributed by atoms with Gasteiger partial charge >= 0.3 is 0 Å². The third-order valence-electron chi connectivity index (χ3n) is 3.62. The van der Waals surface area contributed by atoms with Crippen molar-refractivity contribution in [1.29, 1.82) is 0 Å². The maximum Gasteiger partial charge on any atom is 0.199 e. The predicted molar refractivity (Wildman–Crippen MR) is 82.4 cm³/mol. The molecule has 0 bridgehead atoms. The Labute approximate surface area is 120 Å². The number of nitrogens with zero attached hydrogens (tertiary/aromatic N) is 1. The molecule has 2 heterocycles. The third-order valence-corrected chi connectivity index (χ3v) is 3.62. The van der Waals surface area contributed by atoms with E-state index in [1.807, 2.05) is 36.4 Å². The van der Waals surface area contributed by atoms with Crippen LogP contribution in [0.4, 0.5) is 0 Å². The summed E-state index contributed by atoms with van der Waals surface area (Å²) in [4.78, 5) is 7.50. The fraction of sp³-hybridized carbons (Fsp3) is 0. The second-order valence-corrected chi connectivity index (χ2v) is 4.97. The molecular formula is C17H12N2O2. The van der Waals surface area contributed by atoms with Crippen LogP contribution in [0.25, 0.3) is 33.1 Å². The molecule has 4 heteroatoms. The van der Waals surface area contributed by atoms with Crippen molar-refractivity contribution in [2.75, 3.05) is 0 Å². The van der Waals surface area contributed by atoms with Crippen LogP contribution in [0.2, 0.25) is 0 Å². The van der Waals surface area contributed by atoms with Crippen molar-refractivity contribution in [2.24, 2.45) is 0 Å². The Hall–Kier alpha value is -3.01. The summed E-state index contributed by atoms with van der Waals surface area (Å²) in [5.74, 6) is 0.210. The first kappa shape index (κ1) is 11.8. The lowest BCUT2D eigenvalue weighted by molar-refractivity contribution is 0.460. The van der Waals surface area contributed by atoms with Crippen molar-refractivity contribution in [2.45, 2.75) is 0 Å². The molecule has 0 saturated carbocycles. The summed E-state index contributed by atoms with van der Waals surface area (Å²) in [5, 5.41) is 21.6. The van der Waals surface area contributed by atoms with Crippen molar-refractivity contribution >= 4 is 21.8 Å². The highest BCUT2D eigenvalue weighted by Crippen LogP contribution is 2.37. The molecule has 0 aliphatic heterocycles. The van der Waals surface area contributed by atoms with Crippen LogP contribution < -0.4 is 0 Å². The highest BCUT2D eigenvalue weighted by atomic mass is 16.3. The van der Waals surface area contributed by atoms with Crippen molar-refractivity contribution < 1.29 is 10.2 Å². The minimum absolute atomic E-state index is 0.0541. The number of nitrogens with one attached hydrogen (secondary N) is 1. The van der Waals surface area contributed by atoms with Gasteiger partial charge in [-0.25, -0.2) is 4.98 Å². The molecule has 2 aromatic heterocycles. The fourth-order valence-electron chi connectivity index (χ4n) is 2.63. The normalized spacial score (nSPS) is 11.2. The van der Waals surface area contributed by atoms with E-state index < -0.39 is 0 Å². The first-order valence-corrected chi connectivity index (χ1v) is 6.62. The number of fused-ring (bicyclic) bond motifs is 2. The largest absolute Gasteiger partial charge is 0.508 e. The lowest BCUT2D eigenvalue weighted by Gasteiger charge is -2.03.